The van der Waals surface area contributed by atoms with Crippen molar-refractivity contribution >= 4 is 128 Å². The van der Waals surface area contributed by atoms with Gasteiger partial charge >= 0.3 is 29.8 Å². The maximum Gasteiger partial charge on any atom is 0.328 e. The molecule has 2 aliphatic rings. The normalized spacial score (nSPS) is 15.1. The average molecular weight is 1660 g/mol. The predicted octanol–water partition coefficient (Wildman–Crippen LogP) is 15.6. The summed E-state index contributed by atoms with van der Waals surface area (Å²) in [5.74, 6) is -2.14. The van der Waals surface area contributed by atoms with Gasteiger partial charge in [-0.15, -0.1) is 0 Å². The van der Waals surface area contributed by atoms with Gasteiger partial charge in [0.2, 0.25) is 35.4 Å². The van der Waals surface area contributed by atoms with E-state index in [1.807, 2.05) is 103 Å². The van der Waals surface area contributed by atoms with Crippen molar-refractivity contribution in [3.8, 4) is 11.5 Å². The minimum absolute atomic E-state index is 0.0141. The highest BCUT2D eigenvalue weighted by molar-refractivity contribution is 7.08. The number of hydrogen-bond acceptors (Lipinski definition) is 18. The average Bonchev–Trinajstić information content (AvgIpc) is 1.67. The van der Waals surface area contributed by atoms with E-state index in [2.05, 4.69) is 45.1 Å². The van der Waals surface area contributed by atoms with Crippen LogP contribution >= 0.6 is 57.7 Å². The highest BCUT2D eigenvalue weighted by Crippen LogP contribution is 2.29. The van der Waals surface area contributed by atoms with Crippen LogP contribution in [-0.2, 0) is 110 Å². The molecule has 608 valence electrons. The van der Waals surface area contributed by atoms with Gasteiger partial charge in [0.15, 0.2) is 5.58 Å². The molecule has 0 saturated heterocycles. The third-order valence-corrected chi connectivity index (χ3v) is 18.7. The molecule has 0 bridgehead atoms. The number of rotatable bonds is 29. The molecule has 3 unspecified atom stereocenters. The summed E-state index contributed by atoms with van der Waals surface area (Å²) < 4.78 is 31.9. The molecular weight excluding hydrogens is 1560 g/mol. The standard InChI is InChI=1S/C22H24N2O4.C17H22ClNO3.C17H20ClNO3.C16H16ClNO3S.C15H18ClNO3/c1-14(2)13-27-22(26)15(3)23-20(25)12-16-9-10-19-18(11-16)24-21(28-19)17-7-5-4-6-8-17;1-11-5-3-8-15(11)22-17(21)12(2)19-16(20)10-13-6-4-7-14(18)9-13;1-12(17(21)22-15-8-3-2-4-9-15)19-16(20)11-13-6-5-7-14(18)10-13;1-11(16(20)21-9-13-5-6-22-10-13)18-15(19)8-12-3-2-4-14(17)7-12;1-10(2)9-20-15(19)11(3)17-14(18)8-12-5-4-6-13(16)7-12/h4-11,14-15H,12-13H2,1-3H3,(H,23,25);4,6-7,9,11-12,15H,3,5,8,10H2,1-2H3,(H,19,20);3,5-8,10,12,15H,2,4,9,11H2,1H3,(H,19,20);2-7,10-11H,8-9H2,1H3,(H,18,19);4-7,11H,1,8-9H2,2-3H3,(H,17,18)/t15-;11?,12-,15?;12-,15?;2*11-/m00000/s1. The maximum absolute atomic E-state index is 12.3. The van der Waals surface area contributed by atoms with Crippen LogP contribution in [0.25, 0.3) is 22.6 Å². The van der Waals surface area contributed by atoms with Crippen molar-refractivity contribution in [1.82, 2.24) is 31.6 Å². The van der Waals surface area contributed by atoms with E-state index in [9.17, 15) is 47.9 Å². The molecule has 0 aliphatic heterocycles. The highest BCUT2D eigenvalue weighted by atomic mass is 35.5. The summed E-state index contributed by atoms with van der Waals surface area (Å²) in [7, 11) is 0. The summed E-state index contributed by atoms with van der Waals surface area (Å²) in [6.07, 6.45) is 10.6. The molecule has 10 rings (SSSR count). The predicted molar refractivity (Wildman–Crippen MR) is 443 cm³/mol. The Kier molecular flexibility index (Phi) is 39.7. The zero-order valence-electron chi connectivity index (χ0n) is 65.4. The molecule has 2 heterocycles. The van der Waals surface area contributed by atoms with E-state index in [1.54, 1.807) is 138 Å². The molecule has 6 aromatic carbocycles. The minimum Gasteiger partial charge on any atom is -0.464 e. The second kappa shape index (κ2) is 48.8. The van der Waals surface area contributed by atoms with E-state index in [-0.39, 0.29) is 98.9 Å². The number of allylic oxidation sites excluding steroid dienone is 1. The van der Waals surface area contributed by atoms with Gasteiger partial charge in [0.05, 0.1) is 38.7 Å². The molecule has 2 aromatic heterocycles. The van der Waals surface area contributed by atoms with Crippen molar-refractivity contribution < 1.29 is 76.0 Å². The fraction of sp³-hybridized carbons (Fsp3) is 0.368. The Balaban J connectivity index is 0.000000223. The van der Waals surface area contributed by atoms with Gasteiger partial charge in [0, 0.05) is 31.2 Å². The lowest BCUT2D eigenvalue weighted by atomic mass is 10.1. The Bertz CT molecular complexity index is 4540. The first-order chi connectivity index (χ1) is 54.3. The molecule has 0 spiro atoms. The molecule has 1 fully saturated rings. The highest BCUT2D eigenvalue weighted by Gasteiger charge is 2.30. The van der Waals surface area contributed by atoms with Gasteiger partial charge in [-0.1, -0.05) is 153 Å². The quantitative estimate of drug-likeness (QED) is 0.0165. The molecule has 0 radical (unpaired) electrons. The van der Waals surface area contributed by atoms with E-state index in [0.717, 1.165) is 83.0 Å². The largest absolute Gasteiger partial charge is 0.464 e. The topological polar surface area (TPSA) is 303 Å². The third-order valence-electron chi connectivity index (χ3n) is 17.0. The van der Waals surface area contributed by atoms with Gasteiger partial charge in [-0.05, 0) is 221 Å². The smallest absolute Gasteiger partial charge is 0.328 e. The lowest BCUT2D eigenvalue weighted by Gasteiger charge is -2.20. The number of carbonyl (C=O) groups is 10. The van der Waals surface area contributed by atoms with Gasteiger partial charge in [0.1, 0.15) is 61.1 Å². The number of amides is 5. The molecule has 5 N–H and O–H groups in total. The Morgan fingerprint density at radius 3 is 1.33 bits per heavy atom. The summed E-state index contributed by atoms with van der Waals surface area (Å²) in [6, 6.07) is 41.9. The van der Waals surface area contributed by atoms with E-state index < -0.39 is 54.1 Å². The fourth-order valence-electron chi connectivity index (χ4n) is 11.1. The lowest BCUT2D eigenvalue weighted by Crippen LogP contribution is -2.41. The maximum atomic E-state index is 12.3. The zero-order chi connectivity index (χ0) is 83.2. The molecule has 2 aliphatic carbocycles. The summed E-state index contributed by atoms with van der Waals surface area (Å²) >= 11 is 25.0. The van der Waals surface area contributed by atoms with Crippen LogP contribution in [0.2, 0.25) is 20.1 Å². The molecule has 27 heteroatoms. The molecule has 1 saturated carbocycles. The number of nitrogens with one attached hydrogen (secondary N) is 5. The zero-order valence-corrected chi connectivity index (χ0v) is 69.3. The molecule has 114 heavy (non-hydrogen) atoms. The first-order valence-electron chi connectivity index (χ1n) is 37.5. The monoisotopic (exact) mass is 1660 g/mol. The van der Waals surface area contributed by atoms with Crippen molar-refractivity contribution in [1.29, 1.82) is 0 Å². The van der Waals surface area contributed by atoms with E-state index >= 15 is 0 Å². The van der Waals surface area contributed by atoms with Gasteiger partial charge in [-0.3, -0.25) is 24.0 Å². The Morgan fingerprint density at radius 2 is 0.930 bits per heavy atom. The second-order valence-electron chi connectivity index (χ2n) is 28.1. The minimum atomic E-state index is -0.693. The van der Waals surface area contributed by atoms with Crippen molar-refractivity contribution in [2.45, 2.75) is 182 Å². The van der Waals surface area contributed by atoms with Crippen LogP contribution in [0.3, 0.4) is 0 Å². The van der Waals surface area contributed by atoms with Crippen molar-refractivity contribution in [3.05, 3.63) is 240 Å². The third kappa shape index (κ3) is 35.5. The van der Waals surface area contributed by atoms with Gasteiger partial charge in [0.25, 0.3) is 0 Å². The van der Waals surface area contributed by atoms with Gasteiger partial charge < -0.3 is 54.7 Å². The number of fused-ring (bicyclic) bond motifs is 1. The van der Waals surface area contributed by atoms with Gasteiger partial charge in [-0.2, -0.15) is 11.3 Å². The number of hydrogen-bond donors (Lipinski definition) is 5. The molecule has 5 amide bonds. The summed E-state index contributed by atoms with van der Waals surface area (Å²) in [6.45, 7) is 20.2. The summed E-state index contributed by atoms with van der Waals surface area (Å²) in [4.78, 5) is 124. The summed E-state index contributed by atoms with van der Waals surface area (Å²) in [5, 5.41) is 19.4. The Hall–Kier alpha value is -10.2. The van der Waals surface area contributed by atoms with Gasteiger partial charge in [-0.25, -0.2) is 29.0 Å². The Labute approximate surface area is 690 Å². The second-order valence-corrected chi connectivity index (χ2v) is 30.6. The molecule has 22 nitrogen and oxygen atoms in total. The van der Waals surface area contributed by atoms with Crippen molar-refractivity contribution in [2.75, 3.05) is 13.2 Å². The number of nitrogens with zero attached hydrogens (tertiary/aromatic N) is 1. The first kappa shape index (κ1) is 92.7. The molecule has 8 atom stereocenters. The number of esters is 5. The molecule has 8 aromatic rings. The van der Waals surface area contributed by atoms with Crippen LogP contribution in [0.4, 0.5) is 0 Å². The number of aromatic nitrogens is 1. The number of oxazole rings is 1. The Morgan fingerprint density at radius 1 is 0.491 bits per heavy atom. The number of thiophene rings is 1. The van der Waals surface area contributed by atoms with Crippen molar-refractivity contribution in [2.24, 2.45) is 11.8 Å². The number of carbonyl (C=O) groups excluding carboxylic acids is 10. The van der Waals surface area contributed by atoms with Crippen LogP contribution in [-0.4, -0.2) is 120 Å². The number of halogens is 4. The van der Waals surface area contributed by atoms with Crippen LogP contribution in [0.5, 0.6) is 0 Å². The molecular formula is C87H100Cl4N6O16S. The van der Waals surface area contributed by atoms with E-state index in [0.29, 0.717) is 49.6 Å². The van der Waals surface area contributed by atoms with Crippen LogP contribution in [0.15, 0.2) is 191 Å². The van der Waals surface area contributed by atoms with E-state index in [4.69, 9.17) is 74.5 Å². The van der Waals surface area contributed by atoms with Crippen LogP contribution < -0.4 is 26.6 Å². The number of benzene rings is 6. The van der Waals surface area contributed by atoms with Crippen molar-refractivity contribution in [3.63, 3.8) is 0 Å². The first-order valence-corrected chi connectivity index (χ1v) is 39.9. The van der Waals surface area contributed by atoms with Crippen LogP contribution in [0.1, 0.15) is 134 Å². The lowest BCUT2D eigenvalue weighted by molar-refractivity contribution is -0.154. The SMILES string of the molecule is C=C(C)COC(=O)[C@H](C)NC(=O)Cc1cccc(Cl)c1.CC(C)COC(=O)[C@H](C)NC(=O)Cc1ccc2oc(-c3ccccc3)nc2c1.CC1CCCC1OC(=O)[C@H](C)NC(=O)Cc1cccc(Cl)c1.C[C@H](NC(=O)Cc1cccc(Cl)c1)C(=O)OC1C=CCCC1.C[C@H](NC(=O)Cc1cccc(Cl)c1)C(=O)OCc1ccsc1. The summed E-state index contributed by atoms with van der Waals surface area (Å²) in [5.41, 5.74) is 7.93. The van der Waals surface area contributed by atoms with E-state index in [1.165, 1.54) is 0 Å². The van der Waals surface area contributed by atoms with Crippen LogP contribution in [0, 0.1) is 11.8 Å². The number of ether oxygens (including phenoxy) is 5. The fourth-order valence-corrected chi connectivity index (χ4v) is 12.6.